The summed E-state index contributed by atoms with van der Waals surface area (Å²) in [5, 5.41) is 24.5. The van der Waals surface area contributed by atoms with Crippen LogP contribution < -0.4 is 15.2 Å². The zero-order valence-electron chi connectivity index (χ0n) is 24.0. The van der Waals surface area contributed by atoms with Crippen molar-refractivity contribution in [3.63, 3.8) is 0 Å². The number of likely N-dealkylation sites (N-methyl/N-ethyl adjacent to an activating group) is 1. The Morgan fingerprint density at radius 3 is 2.41 bits per heavy atom. The van der Waals surface area contributed by atoms with E-state index < -0.39 is 48.2 Å². The van der Waals surface area contributed by atoms with Gasteiger partial charge in [-0.3, -0.25) is 19.5 Å². The lowest BCUT2D eigenvalue weighted by atomic mass is 10.2. The number of carbonyl (C=O) groups is 3. The predicted molar refractivity (Wildman–Crippen MR) is 149 cm³/mol. The number of oxazole rings is 1. The number of aliphatic hydroxyl groups excluding tert-OH is 1. The number of pyridine rings is 1. The highest BCUT2D eigenvalue weighted by atomic mass is 19.4. The van der Waals surface area contributed by atoms with E-state index in [0.717, 1.165) is 18.5 Å². The first-order valence-corrected chi connectivity index (χ1v) is 13.0. The average molecular weight is 619 g/mol. The van der Waals surface area contributed by atoms with Gasteiger partial charge in [0.25, 0.3) is 5.91 Å². The highest BCUT2D eigenvalue weighted by Crippen LogP contribution is 2.29. The Hall–Kier alpha value is -4.96. The number of hydrazine groups is 1. The fourth-order valence-corrected chi connectivity index (χ4v) is 4.16. The van der Waals surface area contributed by atoms with E-state index in [-0.39, 0.29) is 29.5 Å². The lowest BCUT2D eigenvalue weighted by Crippen LogP contribution is -2.45. The largest absolute Gasteiger partial charge is 0.480 e. The van der Waals surface area contributed by atoms with Gasteiger partial charge in [-0.15, -0.1) is 0 Å². The van der Waals surface area contributed by atoms with Gasteiger partial charge in [-0.2, -0.15) is 18.2 Å². The summed E-state index contributed by atoms with van der Waals surface area (Å²) in [4.78, 5) is 46.0. The van der Waals surface area contributed by atoms with Gasteiger partial charge in [0.1, 0.15) is 24.2 Å². The second kappa shape index (κ2) is 12.3. The van der Waals surface area contributed by atoms with Crippen molar-refractivity contribution < 1.29 is 46.9 Å². The molecule has 0 radical (unpaired) electrons. The number of amides is 2. The summed E-state index contributed by atoms with van der Waals surface area (Å²) in [5.41, 5.74) is 0.0229. The first kappa shape index (κ1) is 32.0. The van der Waals surface area contributed by atoms with Crippen molar-refractivity contribution >= 4 is 29.5 Å². The van der Waals surface area contributed by atoms with E-state index in [0.29, 0.717) is 16.2 Å². The van der Waals surface area contributed by atoms with Crippen molar-refractivity contribution in [2.45, 2.75) is 45.2 Å². The highest BCUT2D eigenvalue weighted by molar-refractivity contribution is 5.95. The van der Waals surface area contributed by atoms with Crippen molar-refractivity contribution in [2.75, 3.05) is 23.5 Å². The Labute approximate surface area is 249 Å². The molecule has 4 rings (SSSR count). The topological polar surface area (TPSA) is 162 Å². The molecule has 2 aromatic heterocycles. The smallest absolute Gasteiger partial charge is 0.416 e. The van der Waals surface area contributed by atoms with Crippen LogP contribution in [0.4, 0.5) is 29.5 Å². The molecule has 0 fully saturated rings. The molecule has 1 unspecified atom stereocenters. The van der Waals surface area contributed by atoms with Gasteiger partial charge in [0, 0.05) is 25.0 Å². The van der Waals surface area contributed by atoms with Crippen molar-refractivity contribution in [3.05, 3.63) is 72.0 Å². The van der Waals surface area contributed by atoms with E-state index in [1.165, 1.54) is 50.1 Å². The number of benzene rings is 1. The number of rotatable bonds is 8. The number of carboxylic acid groups (broad SMARTS) is 1. The SMILES string of the molecule is CN1C(C(=O)O)C(NC(=O)c2coc(-c3ccnc(N(CC(F)(F)F)C(=O)OC(C)(C)C)c3)n2)=CN1c1ccc(CO)cc1. The summed E-state index contributed by atoms with van der Waals surface area (Å²) >= 11 is 0. The summed E-state index contributed by atoms with van der Waals surface area (Å²) < 4.78 is 50.4. The highest BCUT2D eigenvalue weighted by Gasteiger charge is 2.39. The molecule has 1 atom stereocenters. The van der Waals surface area contributed by atoms with E-state index >= 15 is 0 Å². The Bertz CT molecular complexity index is 1570. The minimum Gasteiger partial charge on any atom is -0.480 e. The normalized spacial score (nSPS) is 15.6. The Morgan fingerprint density at radius 1 is 1.14 bits per heavy atom. The molecule has 3 heterocycles. The molecule has 1 aliphatic heterocycles. The van der Waals surface area contributed by atoms with Crippen LogP contribution in [0.2, 0.25) is 0 Å². The number of nitrogens with one attached hydrogen (secondary N) is 1. The number of hydrogen-bond donors (Lipinski definition) is 3. The zero-order chi connectivity index (χ0) is 32.4. The third-order valence-corrected chi connectivity index (χ3v) is 6.10. The van der Waals surface area contributed by atoms with Crippen LogP contribution >= 0.6 is 0 Å². The van der Waals surface area contributed by atoms with Crippen LogP contribution in [0.3, 0.4) is 0 Å². The van der Waals surface area contributed by atoms with Gasteiger partial charge in [-0.05, 0) is 50.6 Å². The minimum absolute atomic E-state index is 0.0205. The summed E-state index contributed by atoms with van der Waals surface area (Å²) in [5.74, 6) is -2.63. The number of alkyl halides is 3. The maximum atomic E-state index is 13.3. The lowest BCUT2D eigenvalue weighted by Gasteiger charge is -2.28. The molecule has 0 bridgehead atoms. The van der Waals surface area contributed by atoms with Crippen molar-refractivity contribution in [1.29, 1.82) is 0 Å². The number of aliphatic hydroxyl groups is 1. The van der Waals surface area contributed by atoms with Crippen LogP contribution in [0.15, 0.2) is 65.2 Å². The first-order chi connectivity index (χ1) is 20.6. The van der Waals surface area contributed by atoms with E-state index in [1.807, 2.05) is 0 Å². The van der Waals surface area contributed by atoms with Crippen LogP contribution in [-0.2, 0) is 16.1 Å². The standard InChI is InChI=1S/C28H29F3N6O7/c1-27(2,3)44-26(42)36(15-28(29,30)31)21-11-17(9-10-32-21)24-34-20(14-43-24)23(39)33-19-12-37(35(4)22(19)25(40)41)18-7-5-16(13-38)6-8-18/h5-12,14,22,38H,13,15H2,1-4H3,(H,33,39)(H,40,41). The summed E-state index contributed by atoms with van der Waals surface area (Å²) in [6.07, 6.45) is -2.48. The fourth-order valence-electron chi connectivity index (χ4n) is 4.16. The number of nitrogens with zero attached hydrogens (tertiary/aromatic N) is 5. The zero-order valence-corrected chi connectivity index (χ0v) is 24.0. The second-order valence-electron chi connectivity index (χ2n) is 10.6. The van der Waals surface area contributed by atoms with Gasteiger partial charge in [0.15, 0.2) is 11.7 Å². The second-order valence-corrected chi connectivity index (χ2v) is 10.6. The molecule has 2 amide bonds. The molecule has 0 saturated heterocycles. The Morgan fingerprint density at radius 2 is 1.82 bits per heavy atom. The number of ether oxygens (including phenoxy) is 1. The molecule has 0 spiro atoms. The number of hydrogen-bond acceptors (Lipinski definition) is 10. The predicted octanol–water partition coefficient (Wildman–Crippen LogP) is 3.92. The molecular weight excluding hydrogens is 589 g/mol. The Balaban J connectivity index is 1.57. The third-order valence-electron chi connectivity index (χ3n) is 6.10. The number of carbonyl (C=O) groups excluding carboxylic acids is 2. The maximum Gasteiger partial charge on any atom is 0.416 e. The molecule has 0 saturated carbocycles. The van der Waals surface area contributed by atoms with Crippen LogP contribution in [0.1, 0.15) is 36.8 Å². The minimum atomic E-state index is -4.77. The van der Waals surface area contributed by atoms with Gasteiger partial charge in [0.05, 0.1) is 18.0 Å². The monoisotopic (exact) mass is 618 g/mol. The summed E-state index contributed by atoms with van der Waals surface area (Å²) in [7, 11) is 1.52. The fraction of sp³-hybridized carbons (Fsp3) is 0.321. The van der Waals surface area contributed by atoms with E-state index in [9.17, 15) is 37.8 Å². The molecule has 13 nitrogen and oxygen atoms in total. The van der Waals surface area contributed by atoms with Crippen molar-refractivity contribution in [3.8, 4) is 11.5 Å². The molecule has 3 aromatic rings. The van der Waals surface area contributed by atoms with E-state index in [1.54, 1.807) is 24.3 Å². The van der Waals surface area contributed by atoms with Gasteiger partial charge in [-0.1, -0.05) is 12.1 Å². The Kier molecular flexibility index (Phi) is 8.96. The van der Waals surface area contributed by atoms with Gasteiger partial charge >= 0.3 is 18.2 Å². The van der Waals surface area contributed by atoms with Crippen LogP contribution in [0.25, 0.3) is 11.5 Å². The summed E-state index contributed by atoms with van der Waals surface area (Å²) in [6, 6.07) is 7.89. The molecule has 1 aliphatic rings. The molecule has 1 aromatic carbocycles. The molecule has 0 aliphatic carbocycles. The van der Waals surface area contributed by atoms with Crippen LogP contribution in [0.5, 0.6) is 0 Å². The van der Waals surface area contributed by atoms with E-state index in [4.69, 9.17) is 9.15 Å². The summed E-state index contributed by atoms with van der Waals surface area (Å²) in [6.45, 7) is 2.68. The number of aliphatic carboxylic acids is 1. The molecule has 16 heteroatoms. The molecule has 3 N–H and O–H groups in total. The van der Waals surface area contributed by atoms with Crippen molar-refractivity contribution in [2.24, 2.45) is 0 Å². The van der Waals surface area contributed by atoms with Gasteiger partial charge in [-0.25, -0.2) is 14.8 Å². The number of anilines is 2. The quantitative estimate of drug-likeness (QED) is 0.336. The van der Waals surface area contributed by atoms with Crippen LogP contribution in [0, 0.1) is 0 Å². The number of carboxylic acids is 1. The third kappa shape index (κ3) is 7.51. The van der Waals surface area contributed by atoms with Gasteiger partial charge < -0.3 is 24.7 Å². The average Bonchev–Trinajstić information content (AvgIpc) is 3.55. The van der Waals surface area contributed by atoms with Crippen molar-refractivity contribution in [1.82, 2.24) is 20.3 Å². The van der Waals surface area contributed by atoms with E-state index in [2.05, 4.69) is 15.3 Å². The maximum absolute atomic E-state index is 13.3. The first-order valence-electron chi connectivity index (χ1n) is 13.0. The number of halogens is 3. The molecule has 44 heavy (non-hydrogen) atoms. The molecular formula is C28H29F3N6O7. The van der Waals surface area contributed by atoms with Gasteiger partial charge in [0.2, 0.25) is 5.89 Å². The van der Waals surface area contributed by atoms with Crippen LogP contribution in [-0.4, -0.2) is 74.6 Å². The molecule has 234 valence electrons. The lowest BCUT2D eigenvalue weighted by molar-refractivity contribution is -0.141. The number of aromatic nitrogens is 2.